The van der Waals surface area contributed by atoms with Crippen LogP contribution >= 0.6 is 0 Å². The number of anilines is 1. The second-order valence-electron chi connectivity index (χ2n) is 16.6. The lowest BCUT2D eigenvalue weighted by Gasteiger charge is -2.38. The van der Waals surface area contributed by atoms with Gasteiger partial charge in [0.2, 0.25) is 5.91 Å². The van der Waals surface area contributed by atoms with Gasteiger partial charge < -0.3 is 34.3 Å². The molecule has 0 radical (unpaired) electrons. The number of nitrogens with one attached hydrogen (secondary N) is 2. The molecule has 2 aromatic heterocycles. The van der Waals surface area contributed by atoms with Gasteiger partial charge in [0.25, 0.3) is 5.91 Å². The highest BCUT2D eigenvalue weighted by Gasteiger charge is 2.40. The van der Waals surface area contributed by atoms with Crippen LogP contribution in [0.4, 0.5) is 10.6 Å². The molecule has 0 spiro atoms. The summed E-state index contributed by atoms with van der Waals surface area (Å²) in [5, 5.41) is 7.28. The zero-order valence-corrected chi connectivity index (χ0v) is 35.7. The Morgan fingerprint density at radius 1 is 1.12 bits per heavy atom. The first kappa shape index (κ1) is 44.0. The summed E-state index contributed by atoms with van der Waals surface area (Å²) in [6.07, 6.45) is 12.7. The number of ether oxygens (including phenoxy) is 2. The Morgan fingerprint density at radius 2 is 1.88 bits per heavy atom. The number of aromatic nitrogens is 2. The Hall–Kier alpha value is -5.12. The molecule has 1 unspecified atom stereocenters. The Labute approximate surface area is 341 Å². The quantitative estimate of drug-likeness (QED) is 0.174. The first-order chi connectivity index (χ1) is 27.5. The number of hydrogen-bond donors (Lipinski definition) is 3. The van der Waals surface area contributed by atoms with Crippen LogP contribution in [0.25, 0.3) is 10.8 Å². The maximum Gasteiger partial charge on any atom is 0.412 e. The lowest BCUT2D eigenvalue weighted by molar-refractivity contribution is -0.157. The minimum Gasteiger partial charge on any atom is -0.458 e. The van der Waals surface area contributed by atoms with Gasteiger partial charge in [-0.05, 0) is 68.3 Å². The number of allylic oxidation sites excluding steroid dienone is 2. The molecule has 1 saturated heterocycles. The fourth-order valence-electron chi connectivity index (χ4n) is 6.63. The molecule has 5 atom stereocenters. The van der Waals surface area contributed by atoms with Crippen molar-refractivity contribution in [2.45, 2.75) is 109 Å². The highest BCUT2D eigenvalue weighted by atomic mass is 28.4. The van der Waals surface area contributed by atoms with E-state index in [1.807, 2.05) is 43.3 Å². The van der Waals surface area contributed by atoms with Crippen molar-refractivity contribution in [2.75, 3.05) is 25.0 Å². The number of cyclic esters (lactones) is 1. The van der Waals surface area contributed by atoms with Gasteiger partial charge in [-0.2, -0.15) is 0 Å². The maximum atomic E-state index is 13.8. The third kappa shape index (κ3) is 12.0. The van der Waals surface area contributed by atoms with E-state index in [0.29, 0.717) is 50.4 Å². The smallest absolute Gasteiger partial charge is 0.412 e. The number of carbonyl (C=O) groups is 4. The van der Waals surface area contributed by atoms with Gasteiger partial charge >= 0.3 is 12.1 Å². The molecule has 2 bridgehead atoms. The second-order valence-corrected chi connectivity index (χ2v) is 21.3. The number of amides is 3. The summed E-state index contributed by atoms with van der Waals surface area (Å²) in [4.78, 5) is 63.5. The molecule has 4 N–H and O–H groups in total. The molecule has 5 rings (SSSR count). The van der Waals surface area contributed by atoms with E-state index in [-0.39, 0.29) is 35.9 Å². The lowest BCUT2D eigenvalue weighted by Crippen LogP contribution is -2.49. The SMILES string of the molecule is CC1=C\C(O[Si](C)(C)C(C)(C)C)CCCc2nc(co2)C(=O)N2CCC[C@@H]2C(=O)O[C@H]([C@H](N)COC(=O)Nc2cc3ccccc3cn2)[C@H](C)/C=C/C(=O)NC\C=C\1. The fraction of sp³-hybridized carbons (Fsp3) is 0.488. The number of oxazole rings is 1. The van der Waals surface area contributed by atoms with E-state index in [1.165, 1.54) is 17.2 Å². The molecule has 3 aromatic rings. The average Bonchev–Trinajstić information content (AvgIpc) is 3.86. The van der Waals surface area contributed by atoms with E-state index < -0.39 is 50.4 Å². The molecular formula is C43H58N6O8Si. The van der Waals surface area contributed by atoms with E-state index in [9.17, 15) is 19.2 Å². The molecular weight excluding hydrogens is 757 g/mol. The third-order valence-corrected chi connectivity index (χ3v) is 15.4. The van der Waals surface area contributed by atoms with Crippen molar-refractivity contribution in [3.63, 3.8) is 0 Å². The van der Waals surface area contributed by atoms with Gasteiger partial charge in [0.15, 0.2) is 19.9 Å². The van der Waals surface area contributed by atoms with Gasteiger partial charge in [-0.3, -0.25) is 14.9 Å². The average molecular weight is 815 g/mol. The number of nitrogens with zero attached hydrogens (tertiary/aromatic N) is 3. The highest BCUT2D eigenvalue weighted by Crippen LogP contribution is 2.38. The van der Waals surface area contributed by atoms with Crippen molar-refractivity contribution in [3.05, 3.63) is 90.3 Å². The molecule has 2 aliphatic rings. The van der Waals surface area contributed by atoms with Crippen LogP contribution in [-0.4, -0.2) is 91.1 Å². The largest absolute Gasteiger partial charge is 0.458 e. The molecule has 1 fully saturated rings. The standard InChI is InChI=1S/C43H58N6O8Si/c1-28-13-11-21-45-37(50)20-19-29(2)39(33(44)26-55-42(53)48-36-24-30-14-8-9-15-31(30)25-46-36)56-41(52)35-17-12-22-49(35)40(51)34-27-54-38(47-34)18-10-16-32(23-28)57-58(6,7)43(3,4)5/h8-9,11,13-15,19-20,23-25,27,29,32-33,35,39H,10,12,16-18,21-22,26,44H2,1-7H3,(H,45,50)(H,46,48,53)/b13-11+,20-19+,28-23+/t29-,32?,33-,35-,39+/m1/s1. The monoisotopic (exact) mass is 814 g/mol. The van der Waals surface area contributed by atoms with Gasteiger partial charge in [0.05, 0.1) is 12.1 Å². The van der Waals surface area contributed by atoms with Crippen LogP contribution in [0.3, 0.4) is 0 Å². The van der Waals surface area contributed by atoms with Gasteiger partial charge in [0.1, 0.15) is 30.8 Å². The fourth-order valence-corrected chi connectivity index (χ4v) is 7.93. The predicted molar refractivity (Wildman–Crippen MR) is 224 cm³/mol. The van der Waals surface area contributed by atoms with Crippen molar-refractivity contribution in [1.82, 2.24) is 20.2 Å². The Morgan fingerprint density at radius 3 is 2.64 bits per heavy atom. The molecule has 58 heavy (non-hydrogen) atoms. The molecule has 14 nitrogen and oxygen atoms in total. The molecule has 0 saturated carbocycles. The number of pyridine rings is 1. The number of aryl methyl sites for hydroxylation is 1. The van der Waals surface area contributed by atoms with Gasteiger partial charge in [-0.25, -0.2) is 19.6 Å². The number of rotatable bonds is 6. The molecule has 1 aromatic carbocycles. The minimum atomic E-state index is -2.11. The topological polar surface area (TPSA) is 188 Å². The molecule has 0 aliphatic carbocycles. The van der Waals surface area contributed by atoms with Crippen LogP contribution in [-0.2, 0) is 29.9 Å². The molecule has 2 aliphatic heterocycles. The molecule has 15 heteroatoms. The summed E-state index contributed by atoms with van der Waals surface area (Å²) in [6, 6.07) is 7.41. The predicted octanol–water partition coefficient (Wildman–Crippen LogP) is 6.85. The van der Waals surface area contributed by atoms with Gasteiger partial charge in [0, 0.05) is 37.0 Å². The van der Waals surface area contributed by atoms with Crippen LogP contribution in [0.1, 0.15) is 76.7 Å². The van der Waals surface area contributed by atoms with Crippen LogP contribution < -0.4 is 16.4 Å². The Bertz CT molecular complexity index is 2020. The first-order valence-corrected chi connectivity index (χ1v) is 22.9. The van der Waals surface area contributed by atoms with Crippen LogP contribution in [0.2, 0.25) is 18.1 Å². The van der Waals surface area contributed by atoms with Crippen molar-refractivity contribution in [3.8, 4) is 0 Å². The summed E-state index contributed by atoms with van der Waals surface area (Å²) in [5.41, 5.74) is 7.66. The first-order valence-electron chi connectivity index (χ1n) is 20.0. The second kappa shape index (κ2) is 19.6. The highest BCUT2D eigenvalue weighted by molar-refractivity contribution is 6.74. The van der Waals surface area contributed by atoms with E-state index in [0.717, 1.165) is 16.3 Å². The van der Waals surface area contributed by atoms with Crippen LogP contribution in [0.15, 0.2) is 83.2 Å². The van der Waals surface area contributed by atoms with Crippen molar-refractivity contribution >= 4 is 48.8 Å². The lowest BCUT2D eigenvalue weighted by atomic mass is 9.97. The Balaban J connectivity index is 1.34. The molecule has 4 heterocycles. The summed E-state index contributed by atoms with van der Waals surface area (Å²) in [7, 11) is -2.11. The normalized spacial score (nSPS) is 24.4. The summed E-state index contributed by atoms with van der Waals surface area (Å²) < 4.78 is 24.0. The molecule has 3 amide bonds. The van der Waals surface area contributed by atoms with Gasteiger partial charge in [-0.15, -0.1) is 0 Å². The molecule has 312 valence electrons. The van der Waals surface area contributed by atoms with Crippen LogP contribution in [0, 0.1) is 5.92 Å². The van der Waals surface area contributed by atoms with E-state index >= 15 is 0 Å². The zero-order chi connectivity index (χ0) is 42.0. The van der Waals surface area contributed by atoms with E-state index in [4.69, 9.17) is 24.1 Å². The number of fused-ring (bicyclic) bond motifs is 4. The van der Waals surface area contributed by atoms with Gasteiger partial charge in [-0.1, -0.05) is 81.8 Å². The number of hydrogen-bond acceptors (Lipinski definition) is 11. The van der Waals surface area contributed by atoms with Crippen molar-refractivity contribution in [2.24, 2.45) is 11.7 Å². The minimum absolute atomic E-state index is 0.0173. The van der Waals surface area contributed by atoms with Crippen molar-refractivity contribution in [1.29, 1.82) is 0 Å². The number of carbonyl (C=O) groups excluding carboxylic acids is 4. The van der Waals surface area contributed by atoms with E-state index in [1.54, 1.807) is 25.3 Å². The summed E-state index contributed by atoms with van der Waals surface area (Å²) >= 11 is 0. The van der Waals surface area contributed by atoms with Crippen molar-refractivity contribution < 1.29 is 37.5 Å². The third-order valence-electron chi connectivity index (χ3n) is 10.9. The summed E-state index contributed by atoms with van der Waals surface area (Å²) in [6.45, 7) is 15.1. The summed E-state index contributed by atoms with van der Waals surface area (Å²) in [5.74, 6) is -1.33. The Kier molecular flexibility index (Phi) is 14.8. The number of nitrogens with two attached hydrogens (primary N) is 1. The number of esters is 1. The van der Waals surface area contributed by atoms with Crippen LogP contribution in [0.5, 0.6) is 0 Å². The maximum absolute atomic E-state index is 13.8. The number of benzene rings is 1. The van der Waals surface area contributed by atoms with E-state index in [2.05, 4.69) is 60.5 Å². The zero-order valence-electron chi connectivity index (χ0n) is 34.7.